The molecule has 0 fully saturated rings. The SMILES string of the molecule is Cc1ccc(CCC(=O)Nc2ccc(O)c(F)c2)cc1. The number of hydrogen-bond donors (Lipinski definition) is 2. The van der Waals surface area contributed by atoms with Gasteiger partial charge in [0.15, 0.2) is 11.6 Å². The zero-order chi connectivity index (χ0) is 14.5. The maximum atomic E-state index is 13.1. The van der Waals surface area contributed by atoms with E-state index >= 15 is 0 Å². The standard InChI is InChI=1S/C16H16FNO2/c1-11-2-4-12(5-3-11)6-9-16(20)18-13-7-8-15(19)14(17)10-13/h2-5,7-8,10,19H,6,9H2,1H3,(H,18,20). The molecule has 1 amide bonds. The molecule has 0 atom stereocenters. The van der Waals surface area contributed by atoms with E-state index in [2.05, 4.69) is 5.32 Å². The minimum absolute atomic E-state index is 0.185. The van der Waals surface area contributed by atoms with Crippen LogP contribution in [-0.2, 0) is 11.2 Å². The first-order chi connectivity index (χ1) is 9.54. The summed E-state index contributed by atoms with van der Waals surface area (Å²) in [5, 5.41) is 11.7. The Morgan fingerprint density at radius 1 is 1.20 bits per heavy atom. The molecule has 0 aliphatic heterocycles. The molecule has 2 rings (SSSR count). The molecular weight excluding hydrogens is 257 g/mol. The fourth-order valence-corrected chi connectivity index (χ4v) is 1.82. The summed E-state index contributed by atoms with van der Waals surface area (Å²) in [6, 6.07) is 11.8. The quantitative estimate of drug-likeness (QED) is 0.839. The number of anilines is 1. The third-order valence-electron chi connectivity index (χ3n) is 2.99. The normalized spacial score (nSPS) is 10.3. The van der Waals surface area contributed by atoms with Gasteiger partial charge in [-0.3, -0.25) is 4.79 Å². The van der Waals surface area contributed by atoms with Crippen LogP contribution in [0.5, 0.6) is 5.75 Å². The number of aryl methyl sites for hydroxylation is 2. The van der Waals surface area contributed by atoms with Gasteiger partial charge in [-0.2, -0.15) is 0 Å². The van der Waals surface area contributed by atoms with Gasteiger partial charge in [-0.1, -0.05) is 29.8 Å². The average Bonchev–Trinajstić information content (AvgIpc) is 2.42. The van der Waals surface area contributed by atoms with E-state index in [9.17, 15) is 9.18 Å². The third-order valence-corrected chi connectivity index (χ3v) is 2.99. The summed E-state index contributed by atoms with van der Waals surface area (Å²) in [5.41, 5.74) is 2.61. The number of aromatic hydroxyl groups is 1. The van der Waals surface area contributed by atoms with Gasteiger partial charge in [-0.25, -0.2) is 4.39 Å². The van der Waals surface area contributed by atoms with Crippen molar-refractivity contribution in [2.24, 2.45) is 0 Å². The second-order valence-corrected chi connectivity index (χ2v) is 4.70. The molecule has 104 valence electrons. The molecule has 0 radical (unpaired) electrons. The highest BCUT2D eigenvalue weighted by molar-refractivity contribution is 5.90. The summed E-state index contributed by atoms with van der Waals surface area (Å²) in [5.74, 6) is -1.36. The molecule has 2 aromatic rings. The van der Waals surface area contributed by atoms with Gasteiger partial charge in [-0.05, 0) is 31.0 Å². The second-order valence-electron chi connectivity index (χ2n) is 4.70. The summed E-state index contributed by atoms with van der Waals surface area (Å²) >= 11 is 0. The van der Waals surface area contributed by atoms with Crippen molar-refractivity contribution in [3.63, 3.8) is 0 Å². The first-order valence-electron chi connectivity index (χ1n) is 6.38. The minimum Gasteiger partial charge on any atom is -0.505 e. The number of hydrogen-bond acceptors (Lipinski definition) is 2. The van der Waals surface area contributed by atoms with Crippen molar-refractivity contribution in [2.45, 2.75) is 19.8 Å². The first-order valence-corrected chi connectivity index (χ1v) is 6.38. The number of phenolic OH excluding ortho intramolecular Hbond substituents is 1. The second kappa shape index (κ2) is 6.19. The molecule has 4 heteroatoms. The molecule has 0 aromatic heterocycles. The summed E-state index contributed by atoms with van der Waals surface area (Å²) in [6.07, 6.45) is 0.957. The van der Waals surface area contributed by atoms with Crippen LogP contribution in [0.2, 0.25) is 0 Å². The van der Waals surface area contributed by atoms with Gasteiger partial charge in [0.25, 0.3) is 0 Å². The van der Waals surface area contributed by atoms with Crippen molar-refractivity contribution >= 4 is 11.6 Å². The highest BCUT2D eigenvalue weighted by Crippen LogP contribution is 2.19. The van der Waals surface area contributed by atoms with Gasteiger partial charge in [0.2, 0.25) is 5.91 Å². The number of halogens is 1. The molecule has 0 aliphatic carbocycles. The van der Waals surface area contributed by atoms with E-state index in [1.807, 2.05) is 31.2 Å². The van der Waals surface area contributed by atoms with E-state index in [1.165, 1.54) is 17.7 Å². The van der Waals surface area contributed by atoms with Crippen LogP contribution in [0.1, 0.15) is 17.5 Å². The monoisotopic (exact) mass is 273 g/mol. The van der Waals surface area contributed by atoms with Crippen LogP contribution in [0.3, 0.4) is 0 Å². The van der Waals surface area contributed by atoms with E-state index in [0.717, 1.165) is 11.6 Å². The van der Waals surface area contributed by atoms with Crippen LogP contribution in [0.25, 0.3) is 0 Å². The number of carbonyl (C=O) groups excluding carboxylic acids is 1. The third kappa shape index (κ3) is 3.82. The Morgan fingerprint density at radius 2 is 1.90 bits per heavy atom. The molecule has 2 aromatic carbocycles. The van der Waals surface area contributed by atoms with Gasteiger partial charge in [0, 0.05) is 18.2 Å². The Bertz CT molecular complexity index is 608. The molecule has 0 saturated heterocycles. The van der Waals surface area contributed by atoms with Gasteiger partial charge in [0.05, 0.1) is 0 Å². The summed E-state index contributed by atoms with van der Waals surface area (Å²) < 4.78 is 13.1. The largest absolute Gasteiger partial charge is 0.505 e. The molecule has 2 N–H and O–H groups in total. The number of nitrogens with one attached hydrogen (secondary N) is 1. The number of phenols is 1. The number of benzene rings is 2. The predicted molar refractivity (Wildman–Crippen MR) is 76.2 cm³/mol. The van der Waals surface area contributed by atoms with E-state index < -0.39 is 11.6 Å². The number of rotatable bonds is 4. The van der Waals surface area contributed by atoms with E-state index in [4.69, 9.17) is 5.11 Å². The number of amides is 1. The fourth-order valence-electron chi connectivity index (χ4n) is 1.82. The lowest BCUT2D eigenvalue weighted by Gasteiger charge is -2.06. The topological polar surface area (TPSA) is 49.3 Å². The summed E-state index contributed by atoms with van der Waals surface area (Å²) in [6.45, 7) is 2.01. The van der Waals surface area contributed by atoms with Crippen molar-refractivity contribution in [2.75, 3.05) is 5.32 Å². The Balaban J connectivity index is 1.89. The van der Waals surface area contributed by atoms with Crippen LogP contribution in [0.15, 0.2) is 42.5 Å². The van der Waals surface area contributed by atoms with Crippen molar-refractivity contribution in [3.8, 4) is 5.75 Å². The molecule has 0 spiro atoms. The van der Waals surface area contributed by atoms with Crippen LogP contribution in [-0.4, -0.2) is 11.0 Å². The lowest BCUT2D eigenvalue weighted by atomic mass is 10.1. The van der Waals surface area contributed by atoms with E-state index in [1.54, 1.807) is 0 Å². The van der Waals surface area contributed by atoms with E-state index in [-0.39, 0.29) is 5.91 Å². The summed E-state index contributed by atoms with van der Waals surface area (Å²) in [7, 11) is 0. The first kappa shape index (κ1) is 14.1. The Labute approximate surface area is 117 Å². The van der Waals surface area contributed by atoms with Crippen molar-refractivity contribution < 1.29 is 14.3 Å². The predicted octanol–water partition coefficient (Wildman–Crippen LogP) is 3.41. The number of carbonyl (C=O) groups is 1. The minimum atomic E-state index is -0.749. The molecule has 0 unspecified atom stereocenters. The Kier molecular flexibility index (Phi) is 4.35. The van der Waals surface area contributed by atoms with Crippen molar-refractivity contribution in [1.82, 2.24) is 0 Å². The zero-order valence-electron chi connectivity index (χ0n) is 11.2. The molecule has 0 aliphatic rings. The molecule has 0 saturated carbocycles. The lowest BCUT2D eigenvalue weighted by molar-refractivity contribution is -0.116. The molecule has 3 nitrogen and oxygen atoms in total. The maximum absolute atomic E-state index is 13.1. The van der Waals surface area contributed by atoms with Crippen LogP contribution >= 0.6 is 0 Å². The molecular formula is C16H16FNO2. The zero-order valence-corrected chi connectivity index (χ0v) is 11.2. The van der Waals surface area contributed by atoms with Crippen LogP contribution in [0, 0.1) is 12.7 Å². The van der Waals surface area contributed by atoms with Gasteiger partial charge >= 0.3 is 0 Å². The van der Waals surface area contributed by atoms with Crippen LogP contribution in [0.4, 0.5) is 10.1 Å². The van der Waals surface area contributed by atoms with Gasteiger partial charge in [0.1, 0.15) is 0 Å². The molecule has 0 heterocycles. The molecule has 0 bridgehead atoms. The summed E-state index contributed by atoms with van der Waals surface area (Å²) in [4.78, 5) is 11.8. The van der Waals surface area contributed by atoms with Gasteiger partial charge < -0.3 is 10.4 Å². The van der Waals surface area contributed by atoms with Crippen molar-refractivity contribution in [1.29, 1.82) is 0 Å². The fraction of sp³-hybridized carbons (Fsp3) is 0.188. The molecule has 20 heavy (non-hydrogen) atoms. The maximum Gasteiger partial charge on any atom is 0.224 e. The van der Waals surface area contributed by atoms with Crippen LogP contribution < -0.4 is 5.32 Å². The lowest BCUT2D eigenvalue weighted by Crippen LogP contribution is -2.12. The van der Waals surface area contributed by atoms with E-state index in [0.29, 0.717) is 18.5 Å². The smallest absolute Gasteiger partial charge is 0.224 e. The Hall–Kier alpha value is -2.36. The average molecular weight is 273 g/mol. The highest BCUT2D eigenvalue weighted by Gasteiger charge is 2.06. The van der Waals surface area contributed by atoms with Gasteiger partial charge in [-0.15, -0.1) is 0 Å². The Morgan fingerprint density at radius 3 is 2.55 bits per heavy atom. The van der Waals surface area contributed by atoms with Crippen molar-refractivity contribution in [3.05, 3.63) is 59.4 Å². The highest BCUT2D eigenvalue weighted by atomic mass is 19.1.